The first-order chi connectivity index (χ1) is 6.50. The maximum atomic E-state index is 11.2. The van der Waals surface area contributed by atoms with Crippen molar-refractivity contribution in [3.63, 3.8) is 0 Å². The van der Waals surface area contributed by atoms with Crippen LogP contribution in [0.2, 0.25) is 0 Å². The predicted molar refractivity (Wildman–Crippen MR) is 47.9 cm³/mol. The molecule has 2 rings (SSSR count). The summed E-state index contributed by atoms with van der Waals surface area (Å²) in [5.74, 6) is -0.578. The number of ether oxygens (including phenoxy) is 1. The smallest absolute Gasteiger partial charge is 0.335 e. The van der Waals surface area contributed by atoms with E-state index in [9.17, 15) is 13.2 Å². The van der Waals surface area contributed by atoms with Gasteiger partial charge in [-0.2, -0.15) is 0 Å². The number of hydrogen-bond acceptors (Lipinski definition) is 4. The van der Waals surface area contributed by atoms with Gasteiger partial charge in [-0.3, -0.25) is 0 Å². The average Bonchev–Trinajstić information content (AvgIpc) is 2.38. The maximum absolute atomic E-state index is 11.2. The number of sulfonamides is 1. The fourth-order valence-corrected chi connectivity index (χ4v) is 2.26. The van der Waals surface area contributed by atoms with Crippen LogP contribution in [-0.2, 0) is 14.8 Å². The number of carbonyl (C=O) groups excluding carboxylic acids is 1. The van der Waals surface area contributed by atoms with Gasteiger partial charge in [0.2, 0.25) is 15.3 Å². The molecule has 0 aromatic heterocycles. The summed E-state index contributed by atoms with van der Waals surface area (Å²) in [6.07, 6.45) is 0. The Hall–Kier alpha value is -1.40. The zero-order valence-corrected chi connectivity index (χ0v) is 7.82. The molecule has 14 heavy (non-hydrogen) atoms. The van der Waals surface area contributed by atoms with Gasteiger partial charge >= 0.3 is 5.97 Å². The molecule has 2 N–H and O–H groups in total. The summed E-state index contributed by atoms with van der Waals surface area (Å²) in [5.41, 5.74) is 0.306. The zero-order valence-electron chi connectivity index (χ0n) is 7.01. The van der Waals surface area contributed by atoms with Gasteiger partial charge in [0.15, 0.2) is 0 Å². The first-order valence-corrected chi connectivity index (χ1v) is 5.43. The summed E-state index contributed by atoms with van der Waals surface area (Å²) >= 11 is 0. The van der Waals surface area contributed by atoms with Crippen LogP contribution in [0, 0.1) is 0 Å². The van der Waals surface area contributed by atoms with Crippen LogP contribution in [0.15, 0.2) is 24.3 Å². The van der Waals surface area contributed by atoms with E-state index in [0.717, 1.165) is 0 Å². The van der Waals surface area contributed by atoms with Crippen LogP contribution in [0.5, 0.6) is 5.75 Å². The molecule has 0 radical (unpaired) electrons. The summed E-state index contributed by atoms with van der Waals surface area (Å²) in [5, 5.41) is 3.54. The number of hydrogen-bond donors (Lipinski definition) is 1. The molecule has 0 saturated carbocycles. The highest BCUT2D eigenvalue weighted by Crippen LogP contribution is 2.36. The summed E-state index contributed by atoms with van der Waals surface area (Å²) in [4.78, 5) is 11.2. The molecule has 1 unspecified atom stereocenters. The van der Waals surface area contributed by atoms with Crippen LogP contribution >= 0.6 is 0 Å². The number of primary sulfonamides is 1. The SMILES string of the molecule is NS(=O)(=O)C1C(=O)Oc2ccccc21. The molecule has 0 amide bonds. The molecule has 0 bridgehead atoms. The molecule has 0 spiro atoms. The highest BCUT2D eigenvalue weighted by molar-refractivity contribution is 7.90. The normalized spacial score (nSPS) is 20.4. The van der Waals surface area contributed by atoms with Gasteiger partial charge in [-0.15, -0.1) is 0 Å². The lowest BCUT2D eigenvalue weighted by atomic mass is 10.2. The van der Waals surface area contributed by atoms with Crippen molar-refractivity contribution in [2.45, 2.75) is 5.25 Å². The Kier molecular flexibility index (Phi) is 1.83. The minimum Gasteiger partial charge on any atom is -0.425 e. The third-order valence-corrected chi connectivity index (χ3v) is 3.06. The molecule has 1 atom stereocenters. The minimum atomic E-state index is -3.94. The Morgan fingerprint density at radius 3 is 2.57 bits per heavy atom. The van der Waals surface area contributed by atoms with E-state index >= 15 is 0 Å². The number of benzene rings is 1. The number of esters is 1. The van der Waals surface area contributed by atoms with Crippen molar-refractivity contribution in [1.29, 1.82) is 0 Å². The molecular formula is C8H7NO4S. The first-order valence-electron chi connectivity index (χ1n) is 3.82. The van der Waals surface area contributed by atoms with Crippen LogP contribution < -0.4 is 9.88 Å². The second kappa shape index (κ2) is 2.79. The average molecular weight is 213 g/mol. The zero-order chi connectivity index (χ0) is 10.3. The molecule has 0 aliphatic carbocycles. The predicted octanol–water partition coefficient (Wildman–Crippen LogP) is -0.0648. The molecule has 5 nitrogen and oxygen atoms in total. The van der Waals surface area contributed by atoms with Crippen LogP contribution in [0.4, 0.5) is 0 Å². The number of nitrogens with two attached hydrogens (primary N) is 1. The van der Waals surface area contributed by atoms with Gasteiger partial charge in [-0.1, -0.05) is 18.2 Å². The van der Waals surface area contributed by atoms with E-state index in [1.165, 1.54) is 12.1 Å². The quantitative estimate of drug-likeness (QED) is 0.522. The lowest BCUT2D eigenvalue weighted by Gasteiger charge is -2.02. The molecule has 1 aliphatic heterocycles. The molecule has 0 saturated heterocycles. The van der Waals surface area contributed by atoms with Crippen molar-refractivity contribution in [1.82, 2.24) is 0 Å². The second-order valence-corrected chi connectivity index (χ2v) is 4.58. The molecule has 1 heterocycles. The topological polar surface area (TPSA) is 86.5 Å². The van der Waals surface area contributed by atoms with Gasteiger partial charge in [-0.05, 0) is 6.07 Å². The van der Waals surface area contributed by atoms with Crippen LogP contribution in [0.1, 0.15) is 10.8 Å². The van der Waals surface area contributed by atoms with E-state index < -0.39 is 21.2 Å². The molecule has 6 heteroatoms. The number of para-hydroxylation sites is 1. The largest absolute Gasteiger partial charge is 0.425 e. The van der Waals surface area contributed by atoms with Gasteiger partial charge in [-0.25, -0.2) is 18.4 Å². The van der Waals surface area contributed by atoms with E-state index in [-0.39, 0.29) is 5.75 Å². The van der Waals surface area contributed by atoms with E-state index in [0.29, 0.717) is 5.56 Å². The van der Waals surface area contributed by atoms with E-state index in [1.54, 1.807) is 12.1 Å². The molecular weight excluding hydrogens is 206 g/mol. The summed E-state index contributed by atoms with van der Waals surface area (Å²) in [6.45, 7) is 0. The van der Waals surface area contributed by atoms with Crippen molar-refractivity contribution >= 4 is 16.0 Å². The third-order valence-electron chi connectivity index (χ3n) is 1.95. The molecule has 1 aromatic carbocycles. The summed E-state index contributed by atoms with van der Waals surface area (Å²) in [7, 11) is -3.94. The van der Waals surface area contributed by atoms with E-state index in [2.05, 4.69) is 0 Å². The summed E-state index contributed by atoms with van der Waals surface area (Å²) < 4.78 is 26.9. The Morgan fingerprint density at radius 1 is 1.29 bits per heavy atom. The highest BCUT2D eigenvalue weighted by Gasteiger charge is 2.40. The lowest BCUT2D eigenvalue weighted by Crippen LogP contribution is -2.26. The number of fused-ring (bicyclic) bond motifs is 1. The van der Waals surface area contributed by atoms with Gasteiger partial charge in [0.05, 0.1) is 0 Å². The van der Waals surface area contributed by atoms with Crippen molar-refractivity contribution < 1.29 is 17.9 Å². The van der Waals surface area contributed by atoms with Gasteiger partial charge < -0.3 is 4.74 Å². The Balaban J connectivity index is 2.61. The monoisotopic (exact) mass is 213 g/mol. The molecule has 74 valence electrons. The van der Waals surface area contributed by atoms with Crippen LogP contribution in [-0.4, -0.2) is 14.4 Å². The Labute approximate surface area is 80.5 Å². The third kappa shape index (κ3) is 1.28. The first kappa shape index (κ1) is 9.17. The fourth-order valence-electron chi connectivity index (χ4n) is 1.39. The second-order valence-electron chi connectivity index (χ2n) is 2.93. The Bertz CT molecular complexity index is 494. The van der Waals surface area contributed by atoms with Crippen LogP contribution in [0.25, 0.3) is 0 Å². The van der Waals surface area contributed by atoms with Gasteiger partial charge in [0.25, 0.3) is 0 Å². The Morgan fingerprint density at radius 2 is 1.93 bits per heavy atom. The standard InChI is InChI=1S/C8H7NO4S/c9-14(11,12)7-5-3-1-2-4-6(5)13-8(7)10/h1-4,7H,(H2,9,11,12). The molecule has 1 aromatic rings. The van der Waals surface area contributed by atoms with Gasteiger partial charge in [0.1, 0.15) is 5.75 Å². The van der Waals surface area contributed by atoms with Crippen molar-refractivity contribution in [2.24, 2.45) is 5.14 Å². The number of rotatable bonds is 1. The van der Waals surface area contributed by atoms with Crippen molar-refractivity contribution in [3.05, 3.63) is 29.8 Å². The van der Waals surface area contributed by atoms with Gasteiger partial charge in [0, 0.05) is 5.56 Å². The fraction of sp³-hybridized carbons (Fsp3) is 0.125. The van der Waals surface area contributed by atoms with Crippen molar-refractivity contribution in [3.8, 4) is 5.75 Å². The lowest BCUT2D eigenvalue weighted by molar-refractivity contribution is -0.132. The van der Waals surface area contributed by atoms with E-state index in [1.807, 2.05) is 0 Å². The van der Waals surface area contributed by atoms with E-state index in [4.69, 9.17) is 9.88 Å². The minimum absolute atomic E-state index is 0.261. The number of carbonyl (C=O) groups is 1. The molecule has 0 fully saturated rings. The van der Waals surface area contributed by atoms with Crippen molar-refractivity contribution in [2.75, 3.05) is 0 Å². The highest BCUT2D eigenvalue weighted by atomic mass is 32.2. The maximum Gasteiger partial charge on any atom is 0.335 e. The van der Waals surface area contributed by atoms with Crippen LogP contribution in [0.3, 0.4) is 0 Å². The summed E-state index contributed by atoms with van der Waals surface area (Å²) in [6, 6.07) is 6.31. The molecule has 1 aliphatic rings.